The molecular formula is C25H31N5O4S. The van der Waals surface area contributed by atoms with Crippen molar-refractivity contribution in [2.45, 2.75) is 31.1 Å². The fraction of sp³-hybridized carbons (Fsp3) is 0.400. The lowest BCUT2D eigenvalue weighted by Crippen LogP contribution is -2.48. The molecule has 35 heavy (non-hydrogen) atoms. The summed E-state index contributed by atoms with van der Waals surface area (Å²) in [6.45, 7) is 5.86. The van der Waals surface area contributed by atoms with E-state index in [1.165, 1.54) is 21.4 Å². The quantitative estimate of drug-likeness (QED) is 0.603. The summed E-state index contributed by atoms with van der Waals surface area (Å²) >= 11 is 0. The fourth-order valence-electron chi connectivity index (χ4n) is 4.19. The number of hydrogen-bond donors (Lipinski definition) is 1. The number of hydrazone groups is 1. The number of rotatable bonds is 8. The Morgan fingerprint density at radius 2 is 1.60 bits per heavy atom. The van der Waals surface area contributed by atoms with Crippen molar-refractivity contribution in [1.29, 1.82) is 0 Å². The van der Waals surface area contributed by atoms with E-state index in [0.717, 1.165) is 30.9 Å². The first-order valence-electron chi connectivity index (χ1n) is 11.9. The van der Waals surface area contributed by atoms with Gasteiger partial charge in [0, 0.05) is 51.1 Å². The standard InChI is InChI=1S/C25H31N5O4S/c1-2-28-16-18-29(19-17-28)35(33,34)22-10-8-21(9-11-22)26-24(31)12-13-25(32)30-15-14-23(27-30)20-6-4-3-5-7-20/h3-11H,2,12-19H2,1H3,(H,26,31). The molecule has 1 fully saturated rings. The number of amides is 2. The third-order valence-electron chi connectivity index (χ3n) is 6.32. The number of sulfonamides is 1. The zero-order valence-electron chi connectivity index (χ0n) is 19.9. The summed E-state index contributed by atoms with van der Waals surface area (Å²) in [5.41, 5.74) is 2.35. The molecule has 9 nitrogen and oxygen atoms in total. The van der Waals surface area contributed by atoms with Crippen LogP contribution in [0.2, 0.25) is 0 Å². The number of anilines is 1. The molecule has 0 aromatic heterocycles. The van der Waals surface area contributed by atoms with Crippen LogP contribution in [0.1, 0.15) is 31.7 Å². The topological polar surface area (TPSA) is 102 Å². The lowest BCUT2D eigenvalue weighted by Gasteiger charge is -2.33. The van der Waals surface area contributed by atoms with Gasteiger partial charge in [0.05, 0.1) is 17.2 Å². The third-order valence-corrected chi connectivity index (χ3v) is 8.23. The highest BCUT2D eigenvalue weighted by Gasteiger charge is 2.28. The normalized spacial score (nSPS) is 17.3. The maximum atomic E-state index is 12.9. The van der Waals surface area contributed by atoms with Crippen LogP contribution in [0.5, 0.6) is 0 Å². The number of carbonyl (C=O) groups is 2. The van der Waals surface area contributed by atoms with Gasteiger partial charge >= 0.3 is 0 Å². The predicted octanol–water partition coefficient (Wildman–Crippen LogP) is 2.37. The Labute approximate surface area is 206 Å². The van der Waals surface area contributed by atoms with Crippen LogP contribution in [0.4, 0.5) is 5.69 Å². The van der Waals surface area contributed by atoms with Crippen LogP contribution in [-0.4, -0.2) is 79.4 Å². The average molecular weight is 498 g/mol. The average Bonchev–Trinajstić information content (AvgIpc) is 3.39. The molecule has 2 amide bonds. The second-order valence-corrected chi connectivity index (χ2v) is 10.5. The number of benzene rings is 2. The molecule has 1 saturated heterocycles. The molecule has 2 aliphatic heterocycles. The summed E-state index contributed by atoms with van der Waals surface area (Å²) in [7, 11) is -3.56. The second-order valence-electron chi connectivity index (χ2n) is 8.59. The van der Waals surface area contributed by atoms with Gasteiger partial charge in [-0.2, -0.15) is 9.41 Å². The largest absolute Gasteiger partial charge is 0.326 e. The molecule has 186 valence electrons. The molecule has 0 bridgehead atoms. The smallest absolute Gasteiger partial charge is 0.243 e. The summed E-state index contributed by atoms with van der Waals surface area (Å²) in [6, 6.07) is 15.9. The van der Waals surface area contributed by atoms with Crippen LogP contribution in [0.15, 0.2) is 64.6 Å². The van der Waals surface area contributed by atoms with Crippen LogP contribution >= 0.6 is 0 Å². The summed E-state index contributed by atoms with van der Waals surface area (Å²) in [5, 5.41) is 8.57. The minimum atomic E-state index is -3.56. The minimum absolute atomic E-state index is 0.0211. The highest BCUT2D eigenvalue weighted by atomic mass is 32.2. The Morgan fingerprint density at radius 1 is 0.914 bits per heavy atom. The van der Waals surface area contributed by atoms with E-state index in [1.807, 2.05) is 30.3 Å². The van der Waals surface area contributed by atoms with Gasteiger partial charge in [-0.3, -0.25) is 9.59 Å². The highest BCUT2D eigenvalue weighted by molar-refractivity contribution is 7.89. The van der Waals surface area contributed by atoms with E-state index in [2.05, 4.69) is 22.2 Å². The van der Waals surface area contributed by atoms with Gasteiger partial charge in [-0.05, 0) is 36.4 Å². The van der Waals surface area contributed by atoms with Gasteiger partial charge < -0.3 is 10.2 Å². The van der Waals surface area contributed by atoms with Gasteiger partial charge in [-0.15, -0.1) is 0 Å². The Hall–Kier alpha value is -3.08. The molecule has 0 spiro atoms. The highest BCUT2D eigenvalue weighted by Crippen LogP contribution is 2.20. The van der Waals surface area contributed by atoms with Crippen molar-refractivity contribution in [3.8, 4) is 0 Å². The van der Waals surface area contributed by atoms with Gasteiger partial charge in [-0.1, -0.05) is 37.3 Å². The molecule has 2 heterocycles. The monoisotopic (exact) mass is 497 g/mol. The Balaban J connectivity index is 1.27. The van der Waals surface area contributed by atoms with Crippen molar-refractivity contribution in [3.63, 3.8) is 0 Å². The van der Waals surface area contributed by atoms with Crippen molar-refractivity contribution in [3.05, 3.63) is 60.2 Å². The van der Waals surface area contributed by atoms with Gasteiger partial charge in [0.15, 0.2) is 0 Å². The summed E-state index contributed by atoms with van der Waals surface area (Å²) in [6.07, 6.45) is 0.756. The summed E-state index contributed by atoms with van der Waals surface area (Å²) < 4.78 is 27.3. The van der Waals surface area contributed by atoms with Crippen LogP contribution in [-0.2, 0) is 19.6 Å². The van der Waals surface area contributed by atoms with E-state index in [4.69, 9.17) is 0 Å². The van der Waals surface area contributed by atoms with E-state index in [-0.39, 0.29) is 29.6 Å². The lowest BCUT2D eigenvalue weighted by molar-refractivity contribution is -0.132. The Kier molecular flexibility index (Phi) is 7.94. The molecule has 0 atom stereocenters. The molecule has 0 aliphatic carbocycles. The first-order valence-corrected chi connectivity index (χ1v) is 13.4. The summed E-state index contributed by atoms with van der Waals surface area (Å²) in [4.78, 5) is 27.3. The molecule has 0 saturated carbocycles. The van der Waals surface area contributed by atoms with E-state index in [1.54, 1.807) is 12.1 Å². The fourth-order valence-corrected chi connectivity index (χ4v) is 5.61. The number of nitrogens with zero attached hydrogens (tertiary/aromatic N) is 4. The predicted molar refractivity (Wildman–Crippen MR) is 134 cm³/mol. The van der Waals surface area contributed by atoms with Crippen molar-refractivity contribution in [2.24, 2.45) is 5.10 Å². The van der Waals surface area contributed by atoms with Crippen molar-refractivity contribution < 1.29 is 18.0 Å². The Bertz CT molecular complexity index is 1170. The zero-order valence-corrected chi connectivity index (χ0v) is 20.7. The molecule has 10 heteroatoms. The number of hydrogen-bond acceptors (Lipinski definition) is 6. The molecule has 2 aromatic rings. The molecule has 4 rings (SSSR count). The number of piperazine rings is 1. The lowest BCUT2D eigenvalue weighted by atomic mass is 10.1. The maximum absolute atomic E-state index is 12.9. The van der Waals surface area contributed by atoms with Crippen molar-refractivity contribution >= 4 is 33.2 Å². The van der Waals surface area contributed by atoms with Crippen LogP contribution < -0.4 is 5.32 Å². The van der Waals surface area contributed by atoms with Crippen LogP contribution in [0.25, 0.3) is 0 Å². The first kappa shape index (κ1) is 25.0. The Morgan fingerprint density at radius 3 is 2.26 bits per heavy atom. The number of nitrogens with one attached hydrogen (secondary N) is 1. The van der Waals surface area contributed by atoms with Crippen LogP contribution in [0, 0.1) is 0 Å². The van der Waals surface area contributed by atoms with Gasteiger partial charge in [0.1, 0.15) is 0 Å². The summed E-state index contributed by atoms with van der Waals surface area (Å²) in [5.74, 6) is -0.508. The molecule has 0 unspecified atom stereocenters. The third kappa shape index (κ3) is 6.14. The molecule has 2 aliphatic rings. The van der Waals surface area contributed by atoms with Crippen molar-refractivity contribution in [2.75, 3.05) is 44.6 Å². The van der Waals surface area contributed by atoms with E-state index in [9.17, 15) is 18.0 Å². The molecular weight excluding hydrogens is 466 g/mol. The molecule has 2 aromatic carbocycles. The van der Waals surface area contributed by atoms with Gasteiger partial charge in [0.25, 0.3) is 0 Å². The van der Waals surface area contributed by atoms with Gasteiger partial charge in [0.2, 0.25) is 21.8 Å². The molecule has 1 N–H and O–H groups in total. The first-order chi connectivity index (χ1) is 16.9. The van der Waals surface area contributed by atoms with Crippen LogP contribution in [0.3, 0.4) is 0 Å². The number of likely N-dealkylation sites (N-methyl/N-ethyl adjacent to an activating group) is 1. The second kappa shape index (κ2) is 11.1. The van der Waals surface area contributed by atoms with Crippen molar-refractivity contribution in [1.82, 2.24) is 14.2 Å². The number of carbonyl (C=O) groups excluding carboxylic acids is 2. The van der Waals surface area contributed by atoms with E-state index in [0.29, 0.717) is 31.7 Å². The van der Waals surface area contributed by atoms with E-state index >= 15 is 0 Å². The minimum Gasteiger partial charge on any atom is -0.326 e. The SMILES string of the molecule is CCN1CCN(S(=O)(=O)c2ccc(NC(=O)CCC(=O)N3CCC(c4ccccc4)=N3)cc2)CC1. The van der Waals surface area contributed by atoms with E-state index < -0.39 is 10.0 Å². The maximum Gasteiger partial charge on any atom is 0.243 e. The van der Waals surface area contributed by atoms with Gasteiger partial charge in [-0.25, -0.2) is 13.4 Å². The molecule has 0 radical (unpaired) electrons. The zero-order chi connectivity index (χ0) is 24.8.